The van der Waals surface area contributed by atoms with Crippen molar-refractivity contribution in [2.45, 2.75) is 63.0 Å². The van der Waals surface area contributed by atoms with Crippen LogP contribution in [0.2, 0.25) is 0 Å². The first kappa shape index (κ1) is 21.5. The lowest BCUT2D eigenvalue weighted by atomic mass is 9.41. The van der Waals surface area contributed by atoms with Gasteiger partial charge in [-0.25, -0.2) is 4.39 Å². The largest absolute Gasteiger partial charge is 0.390 e. The second-order valence-corrected chi connectivity index (χ2v) is 9.69. The molecule has 0 radical (unpaired) electrons. The van der Waals surface area contributed by atoms with E-state index in [4.69, 9.17) is 0 Å². The van der Waals surface area contributed by atoms with Crippen LogP contribution in [0.3, 0.4) is 0 Å². The minimum Gasteiger partial charge on any atom is -0.390 e. The molecule has 4 aliphatic rings. The standard InChI is InChI=1S/C22H27FO7/c1-19-9-16(27)22(23)13(4-3-11-7-12(25)5-6-20(11,22)2)14(19)8-15(26)21(30,18(19)29)17(28)10-24/h5-7,13-16,24,26-27,30H,3-4,8-10H2,1-2H3/t13-,14-,15+,16-,19-,20-,21-,22-/m0/s1. The summed E-state index contributed by atoms with van der Waals surface area (Å²) in [6.07, 6.45) is 0.876. The molecule has 0 spiro atoms. The van der Waals surface area contributed by atoms with E-state index < -0.39 is 64.3 Å². The predicted molar refractivity (Wildman–Crippen MR) is 102 cm³/mol. The number of aliphatic hydroxyl groups excluding tert-OH is 3. The highest BCUT2D eigenvalue weighted by Gasteiger charge is 2.73. The van der Waals surface area contributed by atoms with Gasteiger partial charge in [-0.15, -0.1) is 0 Å². The first-order chi connectivity index (χ1) is 13.9. The van der Waals surface area contributed by atoms with Gasteiger partial charge in [0.1, 0.15) is 6.61 Å². The highest BCUT2D eigenvalue weighted by atomic mass is 19.1. The van der Waals surface area contributed by atoms with Gasteiger partial charge in [-0.3, -0.25) is 14.4 Å². The zero-order chi connectivity index (χ0) is 22.3. The van der Waals surface area contributed by atoms with Crippen molar-refractivity contribution in [2.75, 3.05) is 6.61 Å². The Labute approximate surface area is 173 Å². The number of Topliss-reactive ketones (excluding diaryl/α,β-unsaturated/α-hetero) is 2. The van der Waals surface area contributed by atoms with E-state index in [-0.39, 0.29) is 25.0 Å². The number of ketones is 3. The van der Waals surface area contributed by atoms with Crippen LogP contribution in [0.4, 0.5) is 4.39 Å². The Balaban J connectivity index is 1.82. The summed E-state index contributed by atoms with van der Waals surface area (Å²) in [5.74, 6) is -4.00. The van der Waals surface area contributed by atoms with Crippen molar-refractivity contribution in [1.29, 1.82) is 0 Å². The van der Waals surface area contributed by atoms with E-state index in [1.807, 2.05) is 0 Å². The van der Waals surface area contributed by atoms with Gasteiger partial charge in [0, 0.05) is 16.7 Å². The molecule has 4 rings (SSSR count). The second kappa shape index (κ2) is 6.38. The summed E-state index contributed by atoms with van der Waals surface area (Å²) in [6.45, 7) is 1.99. The lowest BCUT2D eigenvalue weighted by molar-refractivity contribution is -0.229. The molecule has 4 N–H and O–H groups in total. The minimum absolute atomic E-state index is 0.217. The molecule has 3 fully saturated rings. The van der Waals surface area contributed by atoms with Crippen LogP contribution in [0.15, 0.2) is 23.8 Å². The van der Waals surface area contributed by atoms with Gasteiger partial charge in [-0.1, -0.05) is 18.6 Å². The number of alkyl halides is 1. The number of halogens is 1. The third kappa shape index (κ3) is 2.30. The quantitative estimate of drug-likeness (QED) is 0.467. The lowest BCUT2D eigenvalue weighted by Crippen LogP contribution is -2.74. The van der Waals surface area contributed by atoms with Crippen LogP contribution >= 0.6 is 0 Å². The molecule has 4 aliphatic carbocycles. The highest BCUT2D eigenvalue weighted by Crippen LogP contribution is 2.66. The van der Waals surface area contributed by atoms with Gasteiger partial charge < -0.3 is 20.4 Å². The van der Waals surface area contributed by atoms with Crippen LogP contribution in [0.25, 0.3) is 0 Å². The van der Waals surface area contributed by atoms with Gasteiger partial charge in [0.2, 0.25) is 5.60 Å². The third-order valence-electron chi connectivity index (χ3n) is 8.42. The van der Waals surface area contributed by atoms with Gasteiger partial charge in [0.05, 0.1) is 12.2 Å². The van der Waals surface area contributed by atoms with Crippen molar-refractivity contribution < 1.29 is 39.2 Å². The van der Waals surface area contributed by atoms with Crippen LogP contribution in [0, 0.1) is 22.7 Å². The van der Waals surface area contributed by atoms with Gasteiger partial charge >= 0.3 is 0 Å². The fourth-order valence-corrected chi connectivity index (χ4v) is 6.69. The van der Waals surface area contributed by atoms with E-state index in [0.29, 0.717) is 12.0 Å². The first-order valence-corrected chi connectivity index (χ1v) is 10.3. The average molecular weight is 422 g/mol. The fourth-order valence-electron chi connectivity index (χ4n) is 6.69. The number of fused-ring (bicyclic) bond motifs is 5. The lowest BCUT2D eigenvalue weighted by Gasteiger charge is -2.64. The Morgan fingerprint density at radius 3 is 2.50 bits per heavy atom. The topological polar surface area (TPSA) is 132 Å². The van der Waals surface area contributed by atoms with E-state index in [9.17, 15) is 34.8 Å². The maximum Gasteiger partial charge on any atom is 0.210 e. The summed E-state index contributed by atoms with van der Waals surface area (Å²) in [4.78, 5) is 37.3. The maximum atomic E-state index is 16.9. The molecule has 164 valence electrons. The van der Waals surface area contributed by atoms with Gasteiger partial charge in [-0.05, 0) is 50.7 Å². The number of hydrogen-bond acceptors (Lipinski definition) is 7. The number of hydrogen-bond donors (Lipinski definition) is 4. The molecule has 0 bridgehead atoms. The molecule has 0 aliphatic heterocycles. The summed E-state index contributed by atoms with van der Waals surface area (Å²) in [6, 6.07) is 0. The van der Waals surface area contributed by atoms with Crippen molar-refractivity contribution in [3.63, 3.8) is 0 Å². The Morgan fingerprint density at radius 2 is 1.87 bits per heavy atom. The fraction of sp³-hybridized carbons (Fsp3) is 0.682. The van der Waals surface area contributed by atoms with Crippen LogP contribution in [-0.2, 0) is 14.4 Å². The van der Waals surface area contributed by atoms with Crippen LogP contribution in [0.5, 0.6) is 0 Å². The molecule has 0 saturated heterocycles. The van der Waals surface area contributed by atoms with E-state index in [1.165, 1.54) is 25.2 Å². The molecule has 8 atom stereocenters. The SMILES string of the molecule is C[C@]12C=CC(=O)C=C1CC[C@H]1[C@@H]3C[C@@H](O)[C@](O)(C(=O)CO)C(=O)[C@@]3(C)C[C@H](O)[C@@]12F. The average Bonchev–Trinajstić information content (AvgIpc) is 2.70. The Hall–Kier alpha value is -1.74. The van der Waals surface area contributed by atoms with Gasteiger partial charge in [0.25, 0.3) is 0 Å². The smallest absolute Gasteiger partial charge is 0.210 e. The molecule has 0 heterocycles. The molecule has 0 aromatic rings. The van der Waals surface area contributed by atoms with E-state index >= 15 is 4.39 Å². The Morgan fingerprint density at radius 1 is 1.20 bits per heavy atom. The van der Waals surface area contributed by atoms with Crippen LogP contribution < -0.4 is 0 Å². The van der Waals surface area contributed by atoms with E-state index in [2.05, 4.69) is 0 Å². The zero-order valence-corrected chi connectivity index (χ0v) is 17.0. The molecule has 0 aromatic carbocycles. The van der Waals surface area contributed by atoms with Crippen molar-refractivity contribution in [3.05, 3.63) is 23.8 Å². The Bertz CT molecular complexity index is 896. The monoisotopic (exact) mass is 422 g/mol. The third-order valence-corrected chi connectivity index (χ3v) is 8.42. The molecule has 0 aromatic heterocycles. The van der Waals surface area contributed by atoms with Crippen molar-refractivity contribution in [1.82, 2.24) is 0 Å². The van der Waals surface area contributed by atoms with Crippen LogP contribution in [0.1, 0.15) is 39.5 Å². The number of aliphatic hydroxyl groups is 4. The summed E-state index contributed by atoms with van der Waals surface area (Å²) < 4.78 is 16.9. The van der Waals surface area contributed by atoms with Crippen molar-refractivity contribution >= 4 is 17.3 Å². The van der Waals surface area contributed by atoms with E-state index in [0.717, 1.165) is 0 Å². The maximum absolute atomic E-state index is 16.9. The molecular formula is C22H27FO7. The van der Waals surface area contributed by atoms with Gasteiger partial charge in [-0.2, -0.15) is 0 Å². The molecule has 0 amide bonds. The van der Waals surface area contributed by atoms with Gasteiger partial charge in [0.15, 0.2) is 23.0 Å². The van der Waals surface area contributed by atoms with Crippen molar-refractivity contribution in [3.8, 4) is 0 Å². The molecule has 0 unspecified atom stereocenters. The van der Waals surface area contributed by atoms with E-state index in [1.54, 1.807) is 6.92 Å². The summed E-state index contributed by atoms with van der Waals surface area (Å²) in [5.41, 5.74) is -7.07. The van der Waals surface area contributed by atoms with Crippen LogP contribution in [-0.4, -0.2) is 67.9 Å². The number of rotatable bonds is 2. The zero-order valence-electron chi connectivity index (χ0n) is 17.0. The summed E-state index contributed by atoms with van der Waals surface area (Å²) in [7, 11) is 0. The number of allylic oxidation sites excluding steroid dienone is 4. The predicted octanol–water partition coefficient (Wildman–Crippen LogP) is 0.190. The molecule has 3 saturated carbocycles. The molecule has 8 heteroatoms. The normalized spacial score (nSPS) is 50.3. The second-order valence-electron chi connectivity index (χ2n) is 9.69. The first-order valence-electron chi connectivity index (χ1n) is 10.3. The van der Waals surface area contributed by atoms with Crippen molar-refractivity contribution in [2.24, 2.45) is 22.7 Å². The number of carbonyl (C=O) groups is 3. The summed E-state index contributed by atoms with van der Waals surface area (Å²) >= 11 is 0. The number of carbonyl (C=O) groups excluding carboxylic acids is 3. The Kier molecular flexibility index (Phi) is 4.57. The molecule has 7 nitrogen and oxygen atoms in total. The molecule has 30 heavy (non-hydrogen) atoms. The highest BCUT2D eigenvalue weighted by molar-refractivity contribution is 6.14. The minimum atomic E-state index is -2.78. The molecular weight excluding hydrogens is 395 g/mol. The summed E-state index contributed by atoms with van der Waals surface area (Å²) in [5, 5.41) is 41.6.